The van der Waals surface area contributed by atoms with Crippen LogP contribution in [0.1, 0.15) is 24.2 Å². The van der Waals surface area contributed by atoms with E-state index in [4.69, 9.17) is 0 Å². The van der Waals surface area contributed by atoms with E-state index in [1.54, 1.807) is 0 Å². The van der Waals surface area contributed by atoms with Crippen molar-refractivity contribution in [1.82, 2.24) is 0 Å². The summed E-state index contributed by atoms with van der Waals surface area (Å²) in [6, 6.07) is 27.7. The highest BCUT2D eigenvalue weighted by Gasteiger charge is 2.05. The second-order valence-electron chi connectivity index (χ2n) is 5.83. The van der Waals surface area contributed by atoms with E-state index in [-0.39, 0.29) is 0 Å². The lowest BCUT2D eigenvalue weighted by molar-refractivity contribution is 0.112. The van der Waals surface area contributed by atoms with Crippen molar-refractivity contribution in [3.8, 4) is 0 Å². The molecule has 0 radical (unpaired) electrons. The molecule has 0 bridgehead atoms. The lowest BCUT2D eigenvalue weighted by Crippen LogP contribution is -2.22. The zero-order chi connectivity index (χ0) is 19.3. The summed E-state index contributed by atoms with van der Waals surface area (Å²) in [5.74, 6) is 0. The molecule has 0 amide bonds. The molecule has 0 saturated carbocycles. The molecule has 0 spiro atoms. The highest BCUT2D eigenvalue weighted by molar-refractivity contribution is 5.84. The first kappa shape index (κ1) is 20.0. The normalized spacial score (nSPS) is 9.56. The summed E-state index contributed by atoms with van der Waals surface area (Å²) in [5.41, 5.74) is 10.1. The Morgan fingerprint density at radius 2 is 1.15 bits per heavy atom. The van der Waals surface area contributed by atoms with Gasteiger partial charge in [0.25, 0.3) is 0 Å². The van der Waals surface area contributed by atoms with Crippen molar-refractivity contribution in [3.63, 3.8) is 0 Å². The topological polar surface area (TPSA) is 44.4 Å². The Hall–Kier alpha value is -3.27. The van der Waals surface area contributed by atoms with E-state index in [1.807, 2.05) is 84.9 Å². The Morgan fingerprint density at radius 1 is 0.704 bits per heavy atom. The van der Waals surface area contributed by atoms with Gasteiger partial charge in [0.2, 0.25) is 0 Å². The highest BCUT2D eigenvalue weighted by atomic mass is 16.1. The lowest BCUT2D eigenvalue weighted by atomic mass is 10.2. The molecular formula is C23H27N3O. The third-order valence-corrected chi connectivity index (χ3v) is 4.07. The average molecular weight is 361 g/mol. The molecule has 2 N–H and O–H groups in total. The molecule has 4 heteroatoms. The van der Waals surface area contributed by atoms with Crippen molar-refractivity contribution in [2.24, 2.45) is 0 Å². The molecular weight excluding hydrogens is 334 g/mol. The van der Waals surface area contributed by atoms with Gasteiger partial charge in [-0.25, -0.2) is 0 Å². The molecule has 0 heterocycles. The monoisotopic (exact) mass is 361 g/mol. The third-order valence-electron chi connectivity index (χ3n) is 4.07. The number of hydrazine groups is 1. The van der Waals surface area contributed by atoms with E-state index >= 15 is 0 Å². The largest absolute Gasteiger partial charge is 0.372 e. The van der Waals surface area contributed by atoms with E-state index < -0.39 is 0 Å². The van der Waals surface area contributed by atoms with Crippen molar-refractivity contribution < 1.29 is 4.79 Å². The first-order chi connectivity index (χ1) is 13.3. The first-order valence-corrected chi connectivity index (χ1v) is 9.19. The molecule has 3 aromatic rings. The van der Waals surface area contributed by atoms with Gasteiger partial charge >= 0.3 is 0 Å². The molecule has 0 aliphatic rings. The molecule has 0 atom stereocenters. The van der Waals surface area contributed by atoms with Crippen LogP contribution in [0, 0.1) is 0 Å². The number of para-hydroxylation sites is 3. The van der Waals surface area contributed by atoms with Crippen LogP contribution in [-0.4, -0.2) is 19.4 Å². The van der Waals surface area contributed by atoms with Crippen LogP contribution in [0.15, 0.2) is 84.9 Å². The summed E-state index contributed by atoms with van der Waals surface area (Å²) in [6.45, 7) is 6.04. The van der Waals surface area contributed by atoms with Gasteiger partial charge in [-0.2, -0.15) is 0 Å². The molecule has 0 fully saturated rings. The molecule has 0 saturated heterocycles. The number of aldehydes is 1. The Morgan fingerprint density at radius 3 is 1.59 bits per heavy atom. The van der Waals surface area contributed by atoms with Gasteiger partial charge in [-0.3, -0.25) is 4.79 Å². The zero-order valence-corrected chi connectivity index (χ0v) is 15.9. The number of nitrogens with zero attached hydrogens (tertiary/aromatic N) is 1. The van der Waals surface area contributed by atoms with Crippen LogP contribution in [0.3, 0.4) is 0 Å². The van der Waals surface area contributed by atoms with E-state index in [0.717, 1.165) is 42.0 Å². The van der Waals surface area contributed by atoms with Crippen LogP contribution >= 0.6 is 0 Å². The summed E-state index contributed by atoms with van der Waals surface area (Å²) in [7, 11) is 0. The van der Waals surface area contributed by atoms with Crippen molar-refractivity contribution in [2.45, 2.75) is 13.8 Å². The fraction of sp³-hybridized carbons (Fsp3) is 0.174. The smallest absolute Gasteiger partial charge is 0.152 e. The summed E-state index contributed by atoms with van der Waals surface area (Å²) in [4.78, 5) is 12.9. The standard InChI is InChI=1S/C12H12N2.C11H15NO/c1-3-7-11(8-4-1)13-14-12-9-5-2-6-10-12;1-3-12(4-2)11-8-6-5-7-10(11)9-13/h1-10,13-14H;5-9H,3-4H2,1-2H3. The second-order valence-corrected chi connectivity index (χ2v) is 5.83. The van der Waals surface area contributed by atoms with Crippen LogP contribution in [0.25, 0.3) is 0 Å². The van der Waals surface area contributed by atoms with Gasteiger partial charge in [0, 0.05) is 24.3 Å². The fourth-order valence-electron chi connectivity index (χ4n) is 2.63. The van der Waals surface area contributed by atoms with Gasteiger partial charge in [-0.05, 0) is 50.2 Å². The Balaban J connectivity index is 0.000000194. The van der Waals surface area contributed by atoms with Crippen LogP contribution in [0.4, 0.5) is 17.1 Å². The predicted molar refractivity (Wildman–Crippen MR) is 116 cm³/mol. The van der Waals surface area contributed by atoms with Gasteiger partial charge in [0.1, 0.15) is 0 Å². The summed E-state index contributed by atoms with van der Waals surface area (Å²) in [6.07, 6.45) is 0.910. The minimum atomic E-state index is 0.770. The van der Waals surface area contributed by atoms with Crippen LogP contribution < -0.4 is 15.8 Å². The number of hydrogen-bond donors (Lipinski definition) is 2. The number of rotatable bonds is 7. The van der Waals surface area contributed by atoms with Crippen LogP contribution in [0.5, 0.6) is 0 Å². The number of nitrogens with one attached hydrogen (secondary N) is 2. The lowest BCUT2D eigenvalue weighted by Gasteiger charge is -2.22. The van der Waals surface area contributed by atoms with Gasteiger partial charge in [-0.1, -0.05) is 48.5 Å². The minimum Gasteiger partial charge on any atom is -0.372 e. The maximum Gasteiger partial charge on any atom is 0.152 e. The quantitative estimate of drug-likeness (QED) is 0.432. The molecule has 0 aliphatic carbocycles. The first-order valence-electron chi connectivity index (χ1n) is 9.19. The molecule has 0 unspecified atom stereocenters. The van der Waals surface area contributed by atoms with E-state index in [2.05, 4.69) is 29.6 Å². The predicted octanol–water partition coefficient (Wildman–Crippen LogP) is 5.47. The van der Waals surface area contributed by atoms with Crippen molar-refractivity contribution in [3.05, 3.63) is 90.5 Å². The maximum absolute atomic E-state index is 10.7. The Bertz CT molecular complexity index is 747. The van der Waals surface area contributed by atoms with Crippen LogP contribution in [-0.2, 0) is 0 Å². The average Bonchev–Trinajstić information content (AvgIpc) is 2.75. The van der Waals surface area contributed by atoms with Gasteiger partial charge in [0.15, 0.2) is 6.29 Å². The van der Waals surface area contributed by atoms with Crippen molar-refractivity contribution in [1.29, 1.82) is 0 Å². The Kier molecular flexibility index (Phi) is 8.44. The van der Waals surface area contributed by atoms with E-state index in [0.29, 0.717) is 0 Å². The van der Waals surface area contributed by atoms with Gasteiger partial charge < -0.3 is 15.8 Å². The van der Waals surface area contributed by atoms with Gasteiger partial charge in [0.05, 0.1) is 11.4 Å². The fourth-order valence-corrected chi connectivity index (χ4v) is 2.63. The number of benzene rings is 3. The number of anilines is 3. The molecule has 3 rings (SSSR count). The molecule has 4 nitrogen and oxygen atoms in total. The molecule has 140 valence electrons. The maximum atomic E-state index is 10.7. The third kappa shape index (κ3) is 6.51. The zero-order valence-electron chi connectivity index (χ0n) is 15.9. The minimum absolute atomic E-state index is 0.770. The van der Waals surface area contributed by atoms with Crippen molar-refractivity contribution in [2.75, 3.05) is 28.8 Å². The molecule has 0 aliphatic heterocycles. The molecule has 3 aromatic carbocycles. The highest BCUT2D eigenvalue weighted by Crippen LogP contribution is 2.17. The second kappa shape index (κ2) is 11.4. The summed E-state index contributed by atoms with van der Waals surface area (Å²) >= 11 is 0. The number of carbonyl (C=O) groups excluding carboxylic acids is 1. The summed E-state index contributed by atoms with van der Waals surface area (Å²) < 4.78 is 0. The van der Waals surface area contributed by atoms with E-state index in [9.17, 15) is 4.79 Å². The van der Waals surface area contributed by atoms with Crippen LogP contribution in [0.2, 0.25) is 0 Å². The van der Waals surface area contributed by atoms with E-state index in [1.165, 1.54) is 0 Å². The number of hydrogen-bond acceptors (Lipinski definition) is 4. The number of carbonyl (C=O) groups is 1. The molecule has 0 aromatic heterocycles. The summed E-state index contributed by atoms with van der Waals surface area (Å²) in [5, 5.41) is 0. The van der Waals surface area contributed by atoms with Crippen molar-refractivity contribution >= 4 is 23.3 Å². The molecule has 27 heavy (non-hydrogen) atoms. The SMILES string of the molecule is CCN(CC)c1ccccc1C=O.c1ccc(NNc2ccccc2)cc1. The Labute approximate surface area is 161 Å². The van der Waals surface area contributed by atoms with Gasteiger partial charge in [-0.15, -0.1) is 0 Å².